The Hall–Kier alpha value is 0. The van der Waals surface area contributed by atoms with Crippen LogP contribution in [-0.2, 0) is 0 Å². The Morgan fingerprint density at radius 2 is 0.667 bits per heavy atom. The molecule has 5 fully saturated rings. The van der Waals surface area contributed by atoms with E-state index in [9.17, 15) is 0 Å². The van der Waals surface area contributed by atoms with Crippen LogP contribution in [0, 0.1) is 78.3 Å². The first-order chi connectivity index (χ1) is 11.9. The molecule has 0 aromatic heterocycles. The fraction of sp³-hybridized carbons (Fsp3) is 1.00. The lowest BCUT2D eigenvalue weighted by molar-refractivity contribution is -0.462. The molecule has 10 unspecified atom stereocenters. The van der Waals surface area contributed by atoms with Gasteiger partial charge < -0.3 is 0 Å². The van der Waals surface area contributed by atoms with Crippen molar-refractivity contribution in [3.8, 4) is 0 Å². The van der Waals surface area contributed by atoms with E-state index >= 15 is 0 Å². The van der Waals surface area contributed by atoms with Crippen LogP contribution in [0.15, 0.2) is 0 Å². The van der Waals surface area contributed by atoms with Gasteiger partial charge in [0.25, 0.3) is 0 Å². The van der Waals surface area contributed by atoms with Crippen molar-refractivity contribution >= 4 is 0 Å². The molecule has 0 aliphatic heterocycles. The highest BCUT2D eigenvalue weighted by molar-refractivity contribution is 5.52. The SMILES string of the molecule is CC1C2C3C4C(C)C5(C)C1(C)C1(C)C(C)(C)C2(C)C3(C)C4(C)C(C)(C)C51C. The Labute approximate surface area is 168 Å². The van der Waals surface area contributed by atoms with E-state index in [2.05, 4.69) is 90.0 Å². The summed E-state index contributed by atoms with van der Waals surface area (Å²) < 4.78 is 0. The van der Waals surface area contributed by atoms with Crippen molar-refractivity contribution in [2.45, 2.75) is 90.0 Å². The van der Waals surface area contributed by atoms with Gasteiger partial charge in [-0.15, -0.1) is 0 Å². The van der Waals surface area contributed by atoms with Gasteiger partial charge in [-0.2, -0.15) is 0 Å². The van der Waals surface area contributed by atoms with Crippen molar-refractivity contribution in [3.63, 3.8) is 0 Å². The fourth-order valence-electron chi connectivity index (χ4n) is 15.3. The highest BCUT2D eigenvalue weighted by atomic mass is 15.1. The van der Waals surface area contributed by atoms with E-state index in [0.29, 0.717) is 48.7 Å². The zero-order valence-electron chi connectivity index (χ0n) is 20.4. The Kier molecular flexibility index (Phi) is 2.25. The summed E-state index contributed by atoms with van der Waals surface area (Å²) in [6, 6.07) is 0. The van der Waals surface area contributed by atoms with Crippen molar-refractivity contribution in [3.05, 3.63) is 0 Å². The van der Waals surface area contributed by atoms with E-state index in [-0.39, 0.29) is 0 Å². The molecule has 0 bridgehead atoms. The van der Waals surface area contributed by atoms with E-state index in [1.54, 1.807) is 0 Å². The normalized spacial score (nSPS) is 78.3. The summed E-state index contributed by atoms with van der Waals surface area (Å²) in [6.07, 6.45) is 0. The van der Waals surface area contributed by atoms with Gasteiger partial charge in [0, 0.05) is 0 Å². The maximum atomic E-state index is 2.77. The lowest BCUT2D eigenvalue weighted by Gasteiger charge is -2.93. The highest BCUT2D eigenvalue weighted by Gasteiger charge is 3.06. The predicted octanol–water partition coefficient (Wildman–Crippen LogP) is 7.29. The molecule has 0 radical (unpaired) electrons. The van der Waals surface area contributed by atoms with Crippen molar-refractivity contribution in [2.24, 2.45) is 78.3 Å². The zero-order chi connectivity index (χ0) is 20.4. The van der Waals surface area contributed by atoms with Crippen LogP contribution in [0.1, 0.15) is 90.0 Å². The molecule has 0 nitrogen and oxygen atoms in total. The van der Waals surface area contributed by atoms with Crippen LogP contribution in [0.5, 0.6) is 0 Å². The van der Waals surface area contributed by atoms with Crippen LogP contribution in [0.3, 0.4) is 0 Å². The van der Waals surface area contributed by atoms with Gasteiger partial charge in [0.2, 0.25) is 0 Å². The summed E-state index contributed by atoms with van der Waals surface area (Å²) in [6.45, 7) is 35.6. The number of rotatable bonds is 0. The van der Waals surface area contributed by atoms with Crippen molar-refractivity contribution < 1.29 is 0 Å². The molecule has 0 amide bonds. The van der Waals surface area contributed by atoms with Crippen LogP contribution in [-0.4, -0.2) is 0 Å². The van der Waals surface area contributed by atoms with E-state index in [0.717, 1.165) is 29.6 Å². The first-order valence-electron chi connectivity index (χ1n) is 11.9. The van der Waals surface area contributed by atoms with Gasteiger partial charge in [-0.05, 0) is 78.3 Å². The minimum Gasteiger partial charge on any atom is -0.0616 e. The minimum atomic E-state index is 0.371. The molecule has 5 aliphatic carbocycles. The third-order valence-corrected chi connectivity index (χ3v) is 17.1. The average molecular weight is 369 g/mol. The smallest absolute Gasteiger partial charge is 0.0142 e. The third kappa shape index (κ3) is 0.810. The molecule has 5 rings (SSSR count). The second kappa shape index (κ2) is 3.41. The second-order valence-electron chi connectivity index (χ2n) is 14.7. The third-order valence-electron chi connectivity index (χ3n) is 17.1. The van der Waals surface area contributed by atoms with Crippen molar-refractivity contribution in [1.29, 1.82) is 0 Å². The molecule has 0 saturated heterocycles. The monoisotopic (exact) mass is 368 g/mol. The Morgan fingerprint density at radius 3 is 0.963 bits per heavy atom. The molecule has 0 spiro atoms. The quantitative estimate of drug-likeness (QED) is 0.421. The Bertz CT molecular complexity index is 769. The second-order valence-corrected chi connectivity index (χ2v) is 14.7. The standard InChI is InChI=1S/C27H44/c1-14-16-18-17-15(2)22(8)21(14,7)26(12)19(3,4)23(16,9)25(18,11)24(17,10)20(5,6)27(22,26)13/h14-18H,1-13H3. The van der Waals surface area contributed by atoms with Crippen LogP contribution in [0.4, 0.5) is 0 Å². The van der Waals surface area contributed by atoms with E-state index < -0.39 is 0 Å². The molecule has 5 aliphatic rings. The zero-order valence-corrected chi connectivity index (χ0v) is 20.4. The molecule has 0 aromatic rings. The molecule has 5 saturated carbocycles. The lowest BCUT2D eigenvalue weighted by Crippen LogP contribution is -2.89. The van der Waals surface area contributed by atoms with Crippen molar-refractivity contribution in [1.82, 2.24) is 0 Å². The maximum absolute atomic E-state index is 2.77. The predicted molar refractivity (Wildman–Crippen MR) is 113 cm³/mol. The van der Waals surface area contributed by atoms with Gasteiger partial charge in [0.05, 0.1) is 0 Å². The number of hydrogen-bond donors (Lipinski definition) is 0. The molecule has 152 valence electrons. The van der Waals surface area contributed by atoms with Crippen molar-refractivity contribution in [2.75, 3.05) is 0 Å². The van der Waals surface area contributed by atoms with Gasteiger partial charge in [-0.3, -0.25) is 0 Å². The summed E-state index contributed by atoms with van der Waals surface area (Å²) in [4.78, 5) is 0. The molecule has 0 heterocycles. The highest BCUT2D eigenvalue weighted by Crippen LogP contribution is 3.10. The minimum absolute atomic E-state index is 0.371. The first-order valence-corrected chi connectivity index (χ1v) is 11.9. The number of fused-ring (bicyclic) bond motifs is 11. The maximum Gasteiger partial charge on any atom is -0.0142 e. The van der Waals surface area contributed by atoms with Crippen LogP contribution >= 0.6 is 0 Å². The van der Waals surface area contributed by atoms with Gasteiger partial charge >= 0.3 is 0 Å². The van der Waals surface area contributed by atoms with Gasteiger partial charge in [-0.25, -0.2) is 0 Å². The Balaban J connectivity index is 1.88. The van der Waals surface area contributed by atoms with Gasteiger partial charge in [0.1, 0.15) is 0 Å². The summed E-state index contributed by atoms with van der Waals surface area (Å²) in [5.74, 6) is 4.52. The Morgan fingerprint density at radius 1 is 0.370 bits per heavy atom. The van der Waals surface area contributed by atoms with Crippen LogP contribution < -0.4 is 0 Å². The fourth-order valence-corrected chi connectivity index (χ4v) is 15.3. The van der Waals surface area contributed by atoms with Crippen LogP contribution in [0.25, 0.3) is 0 Å². The molecule has 10 atom stereocenters. The van der Waals surface area contributed by atoms with Crippen LogP contribution in [0.2, 0.25) is 0 Å². The summed E-state index contributed by atoms with van der Waals surface area (Å²) >= 11 is 0. The van der Waals surface area contributed by atoms with E-state index in [1.807, 2.05) is 0 Å². The summed E-state index contributed by atoms with van der Waals surface area (Å²) in [7, 11) is 0. The first kappa shape index (κ1) is 17.8. The molecule has 27 heavy (non-hydrogen) atoms. The summed E-state index contributed by atoms with van der Waals surface area (Å²) in [5.41, 5.74) is 3.81. The molecular formula is C27H44. The number of hydrogen-bond acceptors (Lipinski definition) is 0. The van der Waals surface area contributed by atoms with E-state index in [1.165, 1.54) is 0 Å². The van der Waals surface area contributed by atoms with Gasteiger partial charge in [-0.1, -0.05) is 90.0 Å². The lowest BCUT2D eigenvalue weighted by atomic mass is 9.11. The average Bonchev–Trinajstić information content (AvgIpc) is 2.61. The largest absolute Gasteiger partial charge is 0.0616 e. The molecular weight excluding hydrogens is 324 g/mol. The molecule has 0 aromatic carbocycles. The van der Waals surface area contributed by atoms with E-state index in [4.69, 9.17) is 0 Å². The van der Waals surface area contributed by atoms with Gasteiger partial charge in [0.15, 0.2) is 0 Å². The summed E-state index contributed by atoms with van der Waals surface area (Å²) in [5, 5.41) is 0. The molecule has 0 heteroatoms. The molecule has 0 N–H and O–H groups in total. The topological polar surface area (TPSA) is 0 Å².